The van der Waals surface area contributed by atoms with Crippen LogP contribution in [-0.2, 0) is 19.4 Å². The molecular weight excluding hydrogens is 308 g/mol. The van der Waals surface area contributed by atoms with Gasteiger partial charge in [0.1, 0.15) is 0 Å². The number of carbonyl (C=O) groups is 1. The lowest BCUT2D eigenvalue weighted by Crippen LogP contribution is -2.31. The average Bonchev–Trinajstić information content (AvgIpc) is 3.01. The number of ether oxygens (including phenoxy) is 1. The molecule has 2 aromatic rings. The van der Waals surface area contributed by atoms with E-state index in [0.29, 0.717) is 25.1 Å². The standard InChI is InChI=1S/C13H14N4O4S/c18-12-10(5-4-8-21-12)9-22(19,20)13-14-15-16-17(13)11-6-2-1-3-7-11/h1-3,6-7,10H,4-5,8-9H2. The van der Waals surface area contributed by atoms with Gasteiger partial charge in [-0.1, -0.05) is 23.3 Å². The Morgan fingerprint density at radius 1 is 1.27 bits per heavy atom. The number of hydrogen-bond donors (Lipinski definition) is 0. The van der Waals surface area contributed by atoms with E-state index in [4.69, 9.17) is 4.74 Å². The number of tetrazole rings is 1. The number of benzene rings is 1. The van der Waals surface area contributed by atoms with Gasteiger partial charge in [0, 0.05) is 0 Å². The molecule has 0 N–H and O–H groups in total. The summed E-state index contributed by atoms with van der Waals surface area (Å²) in [7, 11) is -3.80. The summed E-state index contributed by atoms with van der Waals surface area (Å²) in [5.41, 5.74) is 0.539. The highest BCUT2D eigenvalue weighted by Gasteiger charge is 2.33. The van der Waals surface area contributed by atoms with E-state index in [9.17, 15) is 13.2 Å². The SMILES string of the molecule is O=C1OCCCC1CS(=O)(=O)c1nnnn1-c1ccccc1. The third-order valence-electron chi connectivity index (χ3n) is 3.42. The quantitative estimate of drug-likeness (QED) is 0.750. The Kier molecular flexibility index (Phi) is 3.88. The van der Waals surface area contributed by atoms with Crippen LogP contribution < -0.4 is 0 Å². The monoisotopic (exact) mass is 322 g/mol. The van der Waals surface area contributed by atoms with Crippen molar-refractivity contribution in [2.24, 2.45) is 5.92 Å². The van der Waals surface area contributed by atoms with Crippen LogP contribution in [0.5, 0.6) is 0 Å². The lowest BCUT2D eigenvalue weighted by molar-refractivity contribution is -0.151. The predicted molar refractivity (Wildman–Crippen MR) is 74.9 cm³/mol. The van der Waals surface area contributed by atoms with E-state index >= 15 is 0 Å². The Morgan fingerprint density at radius 3 is 2.77 bits per heavy atom. The van der Waals surface area contributed by atoms with Gasteiger partial charge in [-0.3, -0.25) is 4.79 Å². The molecule has 8 nitrogen and oxygen atoms in total. The number of rotatable bonds is 4. The van der Waals surface area contributed by atoms with Gasteiger partial charge in [0.25, 0.3) is 5.16 Å². The van der Waals surface area contributed by atoms with Crippen molar-refractivity contribution in [3.8, 4) is 5.69 Å². The predicted octanol–water partition coefficient (Wildman–Crippen LogP) is 0.389. The largest absolute Gasteiger partial charge is 0.465 e. The Labute approximate surface area is 127 Å². The Balaban J connectivity index is 1.90. The molecule has 1 saturated heterocycles. The molecule has 1 atom stereocenters. The van der Waals surface area contributed by atoms with Crippen molar-refractivity contribution in [2.45, 2.75) is 18.0 Å². The molecule has 0 bridgehead atoms. The molecule has 0 saturated carbocycles. The molecular formula is C13H14N4O4S. The van der Waals surface area contributed by atoms with E-state index in [1.165, 1.54) is 0 Å². The molecule has 9 heteroatoms. The number of carbonyl (C=O) groups excluding carboxylic acids is 1. The fourth-order valence-corrected chi connectivity index (χ4v) is 3.88. The molecule has 1 aromatic carbocycles. The van der Waals surface area contributed by atoms with Crippen LogP contribution in [0, 0.1) is 5.92 Å². The van der Waals surface area contributed by atoms with Crippen molar-refractivity contribution in [2.75, 3.05) is 12.4 Å². The number of cyclic esters (lactones) is 1. The van der Waals surface area contributed by atoms with Gasteiger partial charge in [-0.05, 0) is 35.4 Å². The van der Waals surface area contributed by atoms with Crippen LogP contribution in [0.4, 0.5) is 0 Å². The molecule has 1 unspecified atom stereocenters. The van der Waals surface area contributed by atoms with Gasteiger partial charge in [-0.25, -0.2) is 8.42 Å². The second-order valence-electron chi connectivity index (χ2n) is 5.00. The molecule has 1 aliphatic heterocycles. The van der Waals surface area contributed by atoms with Gasteiger partial charge in [0.2, 0.25) is 9.84 Å². The smallest absolute Gasteiger partial charge is 0.309 e. The summed E-state index contributed by atoms with van der Waals surface area (Å²) in [6, 6.07) is 8.71. The van der Waals surface area contributed by atoms with Gasteiger partial charge >= 0.3 is 5.97 Å². The first-order valence-corrected chi connectivity index (χ1v) is 8.46. The second-order valence-corrected chi connectivity index (χ2v) is 6.92. The lowest BCUT2D eigenvalue weighted by atomic mass is 10.0. The van der Waals surface area contributed by atoms with Crippen LogP contribution in [-0.4, -0.2) is 47.0 Å². The zero-order chi connectivity index (χ0) is 15.6. The van der Waals surface area contributed by atoms with Gasteiger partial charge < -0.3 is 4.74 Å². The van der Waals surface area contributed by atoms with Gasteiger partial charge in [-0.2, -0.15) is 4.68 Å². The highest BCUT2D eigenvalue weighted by Crippen LogP contribution is 2.21. The van der Waals surface area contributed by atoms with Crippen LogP contribution in [0.2, 0.25) is 0 Å². The topological polar surface area (TPSA) is 104 Å². The van der Waals surface area contributed by atoms with Crippen molar-refractivity contribution < 1.29 is 17.9 Å². The average molecular weight is 322 g/mol. The maximum absolute atomic E-state index is 12.5. The first kappa shape index (κ1) is 14.6. The summed E-state index contributed by atoms with van der Waals surface area (Å²) in [6.45, 7) is 0.344. The van der Waals surface area contributed by atoms with Gasteiger partial charge in [-0.15, -0.1) is 0 Å². The van der Waals surface area contributed by atoms with Crippen LogP contribution in [0.3, 0.4) is 0 Å². The lowest BCUT2D eigenvalue weighted by Gasteiger charge is -2.20. The van der Waals surface area contributed by atoms with E-state index in [1.807, 2.05) is 0 Å². The number of nitrogens with zero attached hydrogens (tertiary/aromatic N) is 4. The van der Waals surface area contributed by atoms with Crippen molar-refractivity contribution in [1.82, 2.24) is 20.2 Å². The maximum atomic E-state index is 12.5. The number of esters is 1. The number of para-hydroxylation sites is 1. The van der Waals surface area contributed by atoms with Crippen molar-refractivity contribution in [3.05, 3.63) is 30.3 Å². The molecule has 116 valence electrons. The maximum Gasteiger partial charge on any atom is 0.309 e. The zero-order valence-electron chi connectivity index (χ0n) is 11.6. The second kappa shape index (κ2) is 5.84. The zero-order valence-corrected chi connectivity index (χ0v) is 12.4. The summed E-state index contributed by atoms with van der Waals surface area (Å²) < 4.78 is 31.1. The summed E-state index contributed by atoms with van der Waals surface area (Å²) >= 11 is 0. The minimum Gasteiger partial charge on any atom is -0.465 e. The number of sulfone groups is 1. The molecule has 1 fully saturated rings. The van der Waals surface area contributed by atoms with Crippen LogP contribution in [0.25, 0.3) is 5.69 Å². The third kappa shape index (κ3) is 2.84. The van der Waals surface area contributed by atoms with Crippen LogP contribution in [0.15, 0.2) is 35.5 Å². The van der Waals surface area contributed by atoms with Crippen molar-refractivity contribution in [1.29, 1.82) is 0 Å². The number of aromatic nitrogens is 4. The normalized spacial score (nSPS) is 18.9. The number of hydrogen-bond acceptors (Lipinski definition) is 7. The Hall–Kier alpha value is -2.29. The first-order valence-electron chi connectivity index (χ1n) is 6.81. The van der Waals surface area contributed by atoms with E-state index in [0.717, 1.165) is 4.68 Å². The minimum absolute atomic E-state index is 0.267. The summed E-state index contributed by atoms with van der Waals surface area (Å²) in [5, 5.41) is 10.5. The summed E-state index contributed by atoms with van der Waals surface area (Å²) in [4.78, 5) is 11.7. The summed E-state index contributed by atoms with van der Waals surface area (Å²) in [5.74, 6) is -1.49. The first-order chi connectivity index (χ1) is 10.6. The molecule has 3 rings (SSSR count). The van der Waals surface area contributed by atoms with E-state index in [-0.39, 0.29) is 10.9 Å². The highest BCUT2D eigenvalue weighted by atomic mass is 32.2. The summed E-state index contributed by atoms with van der Waals surface area (Å²) in [6.07, 6.45) is 1.15. The van der Waals surface area contributed by atoms with Crippen LogP contribution >= 0.6 is 0 Å². The molecule has 0 amide bonds. The molecule has 0 radical (unpaired) electrons. The molecule has 1 aromatic heterocycles. The molecule has 0 spiro atoms. The Morgan fingerprint density at radius 2 is 2.05 bits per heavy atom. The van der Waals surface area contributed by atoms with E-state index in [1.54, 1.807) is 30.3 Å². The van der Waals surface area contributed by atoms with E-state index < -0.39 is 21.7 Å². The van der Waals surface area contributed by atoms with Crippen molar-refractivity contribution >= 4 is 15.8 Å². The highest BCUT2D eigenvalue weighted by molar-refractivity contribution is 7.91. The Bertz CT molecular complexity index is 772. The van der Waals surface area contributed by atoms with Gasteiger partial charge in [0.15, 0.2) is 0 Å². The van der Waals surface area contributed by atoms with Crippen LogP contribution in [0.1, 0.15) is 12.8 Å². The van der Waals surface area contributed by atoms with Gasteiger partial charge in [0.05, 0.1) is 24.0 Å². The van der Waals surface area contributed by atoms with E-state index in [2.05, 4.69) is 15.5 Å². The fraction of sp³-hybridized carbons (Fsp3) is 0.385. The van der Waals surface area contributed by atoms with Crippen molar-refractivity contribution in [3.63, 3.8) is 0 Å². The molecule has 22 heavy (non-hydrogen) atoms. The molecule has 0 aliphatic carbocycles. The third-order valence-corrected chi connectivity index (χ3v) is 5.07. The fourth-order valence-electron chi connectivity index (χ4n) is 2.33. The molecule has 2 heterocycles. The minimum atomic E-state index is -3.80. The molecule has 1 aliphatic rings.